The van der Waals surface area contributed by atoms with Crippen molar-refractivity contribution in [3.63, 3.8) is 0 Å². The molecule has 3 aromatic carbocycles. The van der Waals surface area contributed by atoms with Gasteiger partial charge in [0.25, 0.3) is 0 Å². The molecule has 0 saturated carbocycles. The van der Waals surface area contributed by atoms with Gasteiger partial charge in [0, 0.05) is 40.7 Å². The Morgan fingerprint density at radius 2 is 1.57 bits per heavy atom. The first-order valence-corrected chi connectivity index (χ1v) is 9.42. The van der Waals surface area contributed by atoms with Crippen molar-refractivity contribution < 1.29 is 9.38 Å². The Balaban J connectivity index is 1.92. The lowest BCUT2D eigenvalue weighted by Crippen LogP contribution is -2.62. The highest BCUT2D eigenvalue weighted by Gasteiger charge is 2.30. The van der Waals surface area contributed by atoms with Crippen LogP contribution in [-0.4, -0.2) is 10.7 Å². The van der Waals surface area contributed by atoms with Crippen LogP contribution in [0.5, 0.6) is 0 Å². The van der Waals surface area contributed by atoms with Gasteiger partial charge in [0.2, 0.25) is 5.69 Å². The molecule has 0 aliphatic carbocycles. The van der Waals surface area contributed by atoms with E-state index in [1.807, 2.05) is 24.3 Å². The van der Waals surface area contributed by atoms with Crippen LogP contribution in [0, 0.1) is 12.7 Å². The van der Waals surface area contributed by atoms with Crippen LogP contribution >= 0.6 is 0 Å². The molecule has 1 aromatic heterocycles. The Bertz CT molecular complexity index is 1270. The number of benzene rings is 3. The molecular weight excluding hydrogens is 347 g/mol. The standard InChI is InChI=1S/C25H19FN2/c1-15-23(19-7-3-5-9-21(19)27-15)25(17-11-13-18(26)14-12-17)24-16(2)28-22-10-6-4-8-20(22)24/h3-14,27H,1-2H3/p+1/b25-24-. The smallest absolute Gasteiger partial charge is 0.211 e. The quantitative estimate of drug-likeness (QED) is 0.512. The third kappa shape index (κ3) is 2.51. The Morgan fingerprint density at radius 1 is 0.857 bits per heavy atom. The molecule has 0 unspecified atom stereocenters. The van der Waals surface area contributed by atoms with E-state index >= 15 is 0 Å². The minimum Gasteiger partial charge on any atom is -0.358 e. The van der Waals surface area contributed by atoms with Crippen molar-refractivity contribution in [3.8, 4) is 0 Å². The number of hydrogen-bond donors (Lipinski definition) is 2. The summed E-state index contributed by atoms with van der Waals surface area (Å²) in [5.41, 5.74) is 10.0. The van der Waals surface area contributed by atoms with E-state index in [0.717, 1.165) is 44.9 Å². The van der Waals surface area contributed by atoms with Gasteiger partial charge in [-0.1, -0.05) is 42.5 Å². The number of aryl methyl sites for hydroxylation is 1. The van der Waals surface area contributed by atoms with E-state index in [1.54, 1.807) is 0 Å². The number of allylic oxidation sites excluding steroid dienone is 1. The maximum Gasteiger partial charge on any atom is 0.211 e. The van der Waals surface area contributed by atoms with Crippen molar-refractivity contribution in [2.45, 2.75) is 13.8 Å². The number of H-pyrrole nitrogens is 1. The predicted molar refractivity (Wildman–Crippen MR) is 113 cm³/mol. The van der Waals surface area contributed by atoms with Crippen molar-refractivity contribution in [1.82, 2.24) is 4.98 Å². The summed E-state index contributed by atoms with van der Waals surface area (Å²) in [5, 5.41) is 1.17. The topological polar surface area (TPSA) is 29.8 Å². The number of fused-ring (bicyclic) bond motifs is 2. The molecule has 0 radical (unpaired) electrons. The SMILES string of the molecule is CC1=[NH+]c2ccccc2/C1=C(/c1ccc(F)cc1)c1c(C)[nH]c2ccccc12. The molecule has 0 spiro atoms. The largest absolute Gasteiger partial charge is 0.358 e. The summed E-state index contributed by atoms with van der Waals surface area (Å²) in [6.45, 7) is 4.20. The van der Waals surface area contributed by atoms with E-state index < -0.39 is 0 Å². The summed E-state index contributed by atoms with van der Waals surface area (Å²) >= 11 is 0. The average molecular weight is 367 g/mol. The minimum absolute atomic E-state index is 0.227. The molecule has 0 bridgehead atoms. The first kappa shape index (κ1) is 16.7. The molecule has 0 fully saturated rings. The number of rotatable bonds is 2. The van der Waals surface area contributed by atoms with Gasteiger partial charge in [-0.3, -0.25) is 0 Å². The van der Waals surface area contributed by atoms with Crippen LogP contribution in [0.4, 0.5) is 10.1 Å². The van der Waals surface area contributed by atoms with Gasteiger partial charge < -0.3 is 4.98 Å². The molecule has 5 rings (SSSR count). The Hall–Kier alpha value is -3.46. The van der Waals surface area contributed by atoms with Crippen LogP contribution in [-0.2, 0) is 0 Å². The summed E-state index contributed by atoms with van der Waals surface area (Å²) in [6.07, 6.45) is 0. The first-order chi connectivity index (χ1) is 13.6. The molecule has 1 aliphatic heterocycles. The number of hydrogen-bond acceptors (Lipinski definition) is 0. The van der Waals surface area contributed by atoms with E-state index in [4.69, 9.17) is 0 Å². The number of nitrogens with one attached hydrogen (secondary N) is 2. The van der Waals surface area contributed by atoms with E-state index in [0.29, 0.717) is 0 Å². The van der Waals surface area contributed by atoms with Crippen molar-refractivity contribution in [2.24, 2.45) is 0 Å². The minimum atomic E-state index is -0.227. The maximum atomic E-state index is 13.7. The second-order valence-corrected chi connectivity index (χ2v) is 7.22. The molecule has 2 heterocycles. The molecule has 1 aliphatic rings. The third-order valence-electron chi connectivity index (χ3n) is 5.42. The van der Waals surface area contributed by atoms with Crippen LogP contribution in [0.1, 0.15) is 29.3 Å². The van der Waals surface area contributed by atoms with Gasteiger partial charge in [0.1, 0.15) is 5.82 Å². The predicted octanol–water partition coefficient (Wildman–Crippen LogP) is 4.76. The van der Waals surface area contributed by atoms with Gasteiger partial charge in [0.05, 0.1) is 11.1 Å². The number of aromatic nitrogens is 1. The molecule has 2 N–H and O–H groups in total. The van der Waals surface area contributed by atoms with Gasteiger partial charge in [-0.05, 0) is 36.8 Å². The zero-order valence-electron chi connectivity index (χ0n) is 15.8. The highest BCUT2D eigenvalue weighted by atomic mass is 19.1. The molecule has 136 valence electrons. The van der Waals surface area contributed by atoms with Crippen molar-refractivity contribution in [3.05, 3.63) is 101 Å². The molecule has 3 heteroatoms. The summed E-state index contributed by atoms with van der Waals surface area (Å²) in [4.78, 5) is 7.03. The Kier molecular flexibility index (Phi) is 3.76. The summed E-state index contributed by atoms with van der Waals surface area (Å²) < 4.78 is 13.7. The Labute approximate surface area is 163 Å². The number of halogens is 1. The lowest BCUT2D eigenvalue weighted by molar-refractivity contribution is -0.349. The van der Waals surface area contributed by atoms with Crippen LogP contribution in [0.15, 0.2) is 72.8 Å². The van der Waals surface area contributed by atoms with Crippen molar-refractivity contribution in [1.29, 1.82) is 0 Å². The number of aromatic amines is 1. The summed E-state index contributed by atoms with van der Waals surface area (Å²) in [7, 11) is 0. The normalized spacial score (nSPS) is 14.9. The molecule has 0 saturated heterocycles. The summed E-state index contributed by atoms with van der Waals surface area (Å²) in [5.74, 6) is -0.227. The Morgan fingerprint density at radius 3 is 2.39 bits per heavy atom. The van der Waals surface area contributed by atoms with E-state index in [9.17, 15) is 4.39 Å². The van der Waals surface area contributed by atoms with Gasteiger partial charge in [-0.15, -0.1) is 0 Å². The second kappa shape index (κ2) is 6.31. The molecular formula is C25H20FN2+. The van der Waals surface area contributed by atoms with E-state index in [2.05, 4.69) is 60.2 Å². The van der Waals surface area contributed by atoms with Crippen molar-refractivity contribution in [2.75, 3.05) is 0 Å². The molecule has 0 atom stereocenters. The highest BCUT2D eigenvalue weighted by molar-refractivity contribution is 6.32. The van der Waals surface area contributed by atoms with Crippen molar-refractivity contribution >= 4 is 33.4 Å². The van der Waals surface area contributed by atoms with Gasteiger partial charge in [-0.25, -0.2) is 9.38 Å². The maximum absolute atomic E-state index is 13.7. The highest BCUT2D eigenvalue weighted by Crippen LogP contribution is 2.40. The van der Waals surface area contributed by atoms with Crippen LogP contribution in [0.3, 0.4) is 0 Å². The fraction of sp³-hybridized carbons (Fsp3) is 0.0800. The molecule has 2 nitrogen and oxygen atoms in total. The van der Waals surface area contributed by atoms with Gasteiger partial charge in [-0.2, -0.15) is 0 Å². The monoisotopic (exact) mass is 367 g/mol. The lowest BCUT2D eigenvalue weighted by atomic mass is 9.87. The first-order valence-electron chi connectivity index (χ1n) is 9.42. The summed E-state index contributed by atoms with van der Waals surface area (Å²) in [6, 6.07) is 23.5. The lowest BCUT2D eigenvalue weighted by Gasteiger charge is -2.13. The van der Waals surface area contributed by atoms with Crippen LogP contribution in [0.25, 0.3) is 22.0 Å². The van der Waals surface area contributed by atoms with Gasteiger partial charge >= 0.3 is 0 Å². The van der Waals surface area contributed by atoms with Crippen LogP contribution in [0.2, 0.25) is 0 Å². The van der Waals surface area contributed by atoms with Gasteiger partial charge in [0.15, 0.2) is 5.71 Å². The zero-order valence-corrected chi connectivity index (χ0v) is 15.8. The average Bonchev–Trinajstić information content (AvgIpc) is 3.20. The van der Waals surface area contributed by atoms with E-state index in [-0.39, 0.29) is 5.82 Å². The second-order valence-electron chi connectivity index (χ2n) is 7.22. The zero-order chi connectivity index (χ0) is 19.3. The van der Waals surface area contributed by atoms with Crippen LogP contribution < -0.4 is 4.99 Å². The fourth-order valence-corrected chi connectivity index (χ4v) is 4.23. The third-order valence-corrected chi connectivity index (χ3v) is 5.42. The molecule has 28 heavy (non-hydrogen) atoms. The molecule has 4 aromatic rings. The number of para-hydroxylation sites is 2. The van der Waals surface area contributed by atoms with E-state index in [1.165, 1.54) is 23.1 Å². The molecule has 0 amide bonds. The fourth-order valence-electron chi connectivity index (χ4n) is 4.23.